The van der Waals surface area contributed by atoms with Crippen LogP contribution < -0.4 is 0 Å². The molecule has 0 saturated heterocycles. The highest BCUT2D eigenvalue weighted by Crippen LogP contribution is 2.22. The molecule has 0 aliphatic rings. The molecular weight excluding hydrogens is 307 g/mol. The Kier molecular flexibility index (Phi) is 5.95. The number of carboxylic acid groups (broad SMARTS) is 1. The first kappa shape index (κ1) is 17.2. The van der Waals surface area contributed by atoms with Gasteiger partial charge >= 0.3 is 12.1 Å². The van der Waals surface area contributed by atoms with Gasteiger partial charge in [0.05, 0.1) is 6.42 Å². The number of hydrogen-bond acceptors (Lipinski definition) is 3. The molecule has 116 valence electrons. The third-order valence-electron chi connectivity index (χ3n) is 2.53. The van der Waals surface area contributed by atoms with Crippen molar-refractivity contribution in [1.29, 1.82) is 0 Å². The molecule has 0 aliphatic carbocycles. The molecule has 0 aromatic carbocycles. The molecule has 0 spiro atoms. The van der Waals surface area contributed by atoms with Crippen LogP contribution in [0.2, 0.25) is 0 Å². The Morgan fingerprint density at radius 3 is 2.67 bits per heavy atom. The lowest BCUT2D eigenvalue weighted by Gasteiger charge is -2.16. The molecule has 0 saturated carbocycles. The van der Waals surface area contributed by atoms with E-state index in [0.29, 0.717) is 4.88 Å². The van der Waals surface area contributed by atoms with Gasteiger partial charge in [0.1, 0.15) is 0 Å². The quantitative estimate of drug-likeness (QED) is 0.819. The molecule has 0 atom stereocenters. The summed E-state index contributed by atoms with van der Waals surface area (Å²) in [6.45, 7) is 0.189. The maximum absolute atomic E-state index is 12.0. The smallest absolute Gasteiger partial charge is 0.389 e. The molecule has 1 aromatic heterocycles. The fourth-order valence-electron chi connectivity index (χ4n) is 1.52. The Labute approximate surface area is 123 Å². The summed E-state index contributed by atoms with van der Waals surface area (Å²) in [6, 6.07) is 1.69. The number of halogens is 3. The molecule has 1 rings (SSSR count). The van der Waals surface area contributed by atoms with Crippen LogP contribution in [-0.2, 0) is 16.1 Å². The highest BCUT2D eigenvalue weighted by molar-refractivity contribution is 7.11. The van der Waals surface area contributed by atoms with Crippen molar-refractivity contribution in [2.75, 3.05) is 7.05 Å². The van der Waals surface area contributed by atoms with Crippen molar-refractivity contribution in [3.8, 4) is 0 Å². The fraction of sp³-hybridized carbons (Fsp3) is 0.385. The van der Waals surface area contributed by atoms with Gasteiger partial charge in [-0.1, -0.05) is 0 Å². The second-order valence-corrected chi connectivity index (χ2v) is 5.34. The first-order valence-electron chi connectivity index (χ1n) is 5.96. The summed E-state index contributed by atoms with van der Waals surface area (Å²) in [5.74, 6) is -1.65. The minimum Gasteiger partial charge on any atom is -0.478 e. The van der Waals surface area contributed by atoms with Gasteiger partial charge in [0, 0.05) is 31.0 Å². The van der Waals surface area contributed by atoms with Crippen LogP contribution in [-0.4, -0.2) is 35.1 Å². The predicted octanol–water partition coefficient (Wildman–Crippen LogP) is 3.15. The number of carbonyl (C=O) groups is 2. The van der Waals surface area contributed by atoms with Gasteiger partial charge in [-0.2, -0.15) is 13.2 Å². The van der Waals surface area contributed by atoms with E-state index < -0.39 is 30.9 Å². The lowest BCUT2D eigenvalue weighted by molar-refractivity contribution is -0.148. The van der Waals surface area contributed by atoms with E-state index in [1.165, 1.54) is 29.4 Å². The van der Waals surface area contributed by atoms with Crippen molar-refractivity contribution in [2.24, 2.45) is 0 Å². The molecule has 1 aromatic rings. The van der Waals surface area contributed by atoms with E-state index in [0.717, 1.165) is 11.6 Å². The monoisotopic (exact) mass is 321 g/mol. The minimum absolute atomic E-state index is 0.189. The summed E-state index contributed by atoms with van der Waals surface area (Å²) in [7, 11) is 1.43. The third-order valence-corrected chi connectivity index (χ3v) is 3.48. The van der Waals surface area contributed by atoms with Crippen LogP contribution in [0.25, 0.3) is 6.08 Å². The van der Waals surface area contributed by atoms with Gasteiger partial charge in [0.2, 0.25) is 5.91 Å². The topological polar surface area (TPSA) is 57.6 Å². The minimum atomic E-state index is -4.34. The molecule has 0 fully saturated rings. The second kappa shape index (κ2) is 7.26. The van der Waals surface area contributed by atoms with Crippen LogP contribution in [0.4, 0.5) is 13.2 Å². The first-order valence-corrected chi connectivity index (χ1v) is 6.84. The molecule has 1 N–H and O–H groups in total. The molecule has 0 unspecified atom stereocenters. The highest BCUT2D eigenvalue weighted by atomic mass is 32.1. The Morgan fingerprint density at radius 2 is 2.10 bits per heavy atom. The maximum Gasteiger partial charge on any atom is 0.389 e. The standard InChI is InChI=1S/C13H14F3NO3S/c1-17(11(18)4-5-13(14,15)16)7-9-6-10(21-8-9)2-3-12(19)20/h2-3,6,8H,4-5,7H2,1H3,(H,19,20). The van der Waals surface area contributed by atoms with Crippen molar-refractivity contribution in [1.82, 2.24) is 4.90 Å². The normalized spacial score (nSPS) is 11.8. The maximum atomic E-state index is 12.0. The van der Waals surface area contributed by atoms with Gasteiger partial charge in [-0.15, -0.1) is 11.3 Å². The van der Waals surface area contributed by atoms with Gasteiger partial charge < -0.3 is 10.0 Å². The largest absolute Gasteiger partial charge is 0.478 e. The van der Waals surface area contributed by atoms with Crippen molar-refractivity contribution in [3.05, 3.63) is 28.0 Å². The second-order valence-electron chi connectivity index (χ2n) is 4.39. The van der Waals surface area contributed by atoms with Crippen LogP contribution in [0.3, 0.4) is 0 Å². The third kappa shape index (κ3) is 6.94. The van der Waals surface area contributed by atoms with E-state index in [1.54, 1.807) is 11.4 Å². The molecule has 4 nitrogen and oxygen atoms in total. The number of alkyl halides is 3. The van der Waals surface area contributed by atoms with Crippen molar-refractivity contribution in [2.45, 2.75) is 25.6 Å². The summed E-state index contributed by atoms with van der Waals surface area (Å²) in [6.07, 6.45) is -3.63. The Bertz CT molecular complexity index is 537. The number of carbonyl (C=O) groups excluding carboxylic acids is 1. The lowest BCUT2D eigenvalue weighted by Crippen LogP contribution is -2.27. The van der Waals surface area contributed by atoms with E-state index in [1.807, 2.05) is 0 Å². The van der Waals surface area contributed by atoms with E-state index in [4.69, 9.17) is 5.11 Å². The van der Waals surface area contributed by atoms with Crippen molar-refractivity contribution >= 4 is 29.3 Å². The van der Waals surface area contributed by atoms with Gasteiger partial charge in [-0.05, 0) is 23.1 Å². The van der Waals surface area contributed by atoms with Crippen LogP contribution in [0.15, 0.2) is 17.5 Å². The zero-order valence-corrected chi connectivity index (χ0v) is 12.0. The van der Waals surface area contributed by atoms with Gasteiger partial charge in [0.15, 0.2) is 0 Å². The molecule has 21 heavy (non-hydrogen) atoms. The van der Waals surface area contributed by atoms with Crippen LogP contribution in [0.1, 0.15) is 23.3 Å². The average Bonchev–Trinajstić information content (AvgIpc) is 2.80. The summed E-state index contributed by atoms with van der Waals surface area (Å²) < 4.78 is 36.1. The van der Waals surface area contributed by atoms with Crippen LogP contribution >= 0.6 is 11.3 Å². The summed E-state index contributed by atoms with van der Waals surface area (Å²) >= 11 is 1.29. The summed E-state index contributed by atoms with van der Waals surface area (Å²) in [5, 5.41) is 10.2. The van der Waals surface area contributed by atoms with Crippen molar-refractivity contribution in [3.63, 3.8) is 0 Å². The zero-order chi connectivity index (χ0) is 16.0. The van der Waals surface area contributed by atoms with Gasteiger partial charge in [0.25, 0.3) is 0 Å². The lowest BCUT2D eigenvalue weighted by atomic mass is 10.2. The van der Waals surface area contributed by atoms with E-state index in [2.05, 4.69) is 0 Å². The number of rotatable bonds is 6. The molecule has 1 amide bonds. The van der Waals surface area contributed by atoms with Gasteiger partial charge in [-0.25, -0.2) is 4.79 Å². The van der Waals surface area contributed by atoms with Crippen LogP contribution in [0.5, 0.6) is 0 Å². The molecular formula is C13H14F3NO3S. The zero-order valence-electron chi connectivity index (χ0n) is 11.2. The van der Waals surface area contributed by atoms with Gasteiger partial charge in [-0.3, -0.25) is 4.79 Å². The highest BCUT2D eigenvalue weighted by Gasteiger charge is 2.28. The van der Waals surface area contributed by atoms with Crippen LogP contribution in [0, 0.1) is 0 Å². The molecule has 0 radical (unpaired) electrons. The number of amides is 1. The summed E-state index contributed by atoms with van der Waals surface area (Å²) in [5.41, 5.74) is 0.743. The van der Waals surface area contributed by atoms with E-state index >= 15 is 0 Å². The van der Waals surface area contributed by atoms with E-state index in [-0.39, 0.29) is 6.54 Å². The number of thiophene rings is 1. The SMILES string of the molecule is CN(Cc1csc(C=CC(=O)O)c1)C(=O)CCC(F)(F)F. The first-order chi connectivity index (χ1) is 9.67. The summed E-state index contributed by atoms with van der Waals surface area (Å²) in [4.78, 5) is 23.8. The number of nitrogens with zero attached hydrogens (tertiary/aromatic N) is 1. The number of hydrogen-bond donors (Lipinski definition) is 1. The predicted molar refractivity (Wildman–Crippen MR) is 72.8 cm³/mol. The van der Waals surface area contributed by atoms with E-state index in [9.17, 15) is 22.8 Å². The Balaban J connectivity index is 2.53. The molecule has 0 bridgehead atoms. The molecule has 0 aliphatic heterocycles. The number of carboxylic acids is 1. The Hall–Kier alpha value is -1.83. The fourth-order valence-corrected chi connectivity index (χ4v) is 2.32. The van der Waals surface area contributed by atoms with Crippen molar-refractivity contribution < 1.29 is 27.9 Å². The Morgan fingerprint density at radius 1 is 1.43 bits per heavy atom. The number of aliphatic carboxylic acids is 1. The average molecular weight is 321 g/mol. The molecule has 1 heterocycles. The molecule has 8 heteroatoms.